The van der Waals surface area contributed by atoms with Gasteiger partial charge in [-0.25, -0.2) is 9.37 Å². The minimum absolute atomic E-state index is 0.132. The van der Waals surface area contributed by atoms with E-state index < -0.39 is 0 Å². The molecule has 25 heavy (non-hydrogen) atoms. The van der Waals surface area contributed by atoms with Gasteiger partial charge in [-0.1, -0.05) is 19.3 Å². The number of nitrogens with zero attached hydrogens (tertiary/aromatic N) is 3. The van der Waals surface area contributed by atoms with Crippen LogP contribution in [0.4, 0.5) is 4.39 Å². The molecule has 0 amide bonds. The summed E-state index contributed by atoms with van der Waals surface area (Å²) in [5, 5.41) is 0.374. The monoisotopic (exact) mass is 343 g/mol. The Morgan fingerprint density at radius 1 is 1.12 bits per heavy atom. The van der Waals surface area contributed by atoms with Gasteiger partial charge in [0.1, 0.15) is 5.82 Å². The van der Waals surface area contributed by atoms with Gasteiger partial charge in [0.05, 0.1) is 17.2 Å². The van der Waals surface area contributed by atoms with Crippen molar-refractivity contribution in [1.82, 2.24) is 14.5 Å². The molecule has 1 aromatic heterocycles. The highest BCUT2D eigenvalue weighted by Crippen LogP contribution is 2.30. The lowest BCUT2D eigenvalue weighted by atomic mass is 9.96. The Balaban J connectivity index is 1.51. The van der Waals surface area contributed by atoms with Crippen LogP contribution in [0.2, 0.25) is 0 Å². The number of piperidine rings is 1. The first-order chi connectivity index (χ1) is 12.2. The predicted molar refractivity (Wildman–Crippen MR) is 97.2 cm³/mol. The quantitative estimate of drug-likeness (QED) is 0.849. The van der Waals surface area contributed by atoms with Crippen molar-refractivity contribution in [2.45, 2.75) is 70.0 Å². The van der Waals surface area contributed by atoms with Crippen LogP contribution >= 0.6 is 0 Å². The maximum atomic E-state index is 13.5. The third-order valence-corrected chi connectivity index (χ3v) is 5.96. The van der Waals surface area contributed by atoms with Crippen LogP contribution in [0.25, 0.3) is 10.9 Å². The average Bonchev–Trinajstić information content (AvgIpc) is 3.16. The van der Waals surface area contributed by atoms with E-state index in [0.29, 0.717) is 23.5 Å². The van der Waals surface area contributed by atoms with E-state index in [9.17, 15) is 9.18 Å². The first-order valence-electron chi connectivity index (χ1n) is 9.63. The lowest BCUT2D eigenvalue weighted by Gasteiger charge is -2.40. The molecule has 0 bridgehead atoms. The summed E-state index contributed by atoms with van der Waals surface area (Å²) in [6.45, 7) is 1.86. The summed E-state index contributed by atoms with van der Waals surface area (Å²) in [5.41, 5.74) is 0.431. The molecule has 1 aliphatic carbocycles. The van der Waals surface area contributed by atoms with E-state index in [2.05, 4.69) is 9.88 Å². The van der Waals surface area contributed by atoms with Crippen LogP contribution in [0.5, 0.6) is 0 Å². The lowest BCUT2D eigenvalue weighted by molar-refractivity contribution is 0.0880. The van der Waals surface area contributed by atoms with Gasteiger partial charge in [-0.15, -0.1) is 0 Å². The van der Waals surface area contributed by atoms with Gasteiger partial charge in [0.2, 0.25) is 0 Å². The number of fused-ring (bicyclic) bond motifs is 1. The maximum Gasteiger partial charge on any atom is 0.261 e. The Kier molecular flexibility index (Phi) is 4.84. The van der Waals surface area contributed by atoms with Crippen molar-refractivity contribution in [1.29, 1.82) is 0 Å². The second-order valence-electron chi connectivity index (χ2n) is 7.52. The van der Waals surface area contributed by atoms with Crippen molar-refractivity contribution >= 4 is 10.9 Å². The van der Waals surface area contributed by atoms with Crippen molar-refractivity contribution < 1.29 is 4.39 Å². The normalized spacial score (nSPS) is 22.7. The van der Waals surface area contributed by atoms with E-state index in [1.165, 1.54) is 63.6 Å². The molecule has 2 aliphatic rings. The minimum Gasteiger partial charge on any atom is -0.299 e. The van der Waals surface area contributed by atoms with Crippen LogP contribution in [-0.2, 0) is 6.54 Å². The van der Waals surface area contributed by atoms with Crippen LogP contribution in [0.1, 0.15) is 51.4 Å². The largest absolute Gasteiger partial charge is 0.299 e. The van der Waals surface area contributed by atoms with Crippen molar-refractivity contribution in [3.8, 4) is 0 Å². The fourth-order valence-corrected chi connectivity index (χ4v) is 4.63. The number of aromatic nitrogens is 2. The molecule has 5 heteroatoms. The van der Waals surface area contributed by atoms with Gasteiger partial charge in [-0.05, 0) is 56.8 Å². The van der Waals surface area contributed by atoms with E-state index in [1.54, 1.807) is 17.0 Å². The van der Waals surface area contributed by atoms with Crippen LogP contribution in [0, 0.1) is 5.82 Å². The smallest absolute Gasteiger partial charge is 0.261 e. The van der Waals surface area contributed by atoms with Gasteiger partial charge in [0.25, 0.3) is 5.56 Å². The topological polar surface area (TPSA) is 38.1 Å². The van der Waals surface area contributed by atoms with E-state index in [0.717, 1.165) is 12.5 Å². The average molecular weight is 343 g/mol. The fourth-order valence-electron chi connectivity index (χ4n) is 4.63. The summed E-state index contributed by atoms with van der Waals surface area (Å²) in [5.74, 6) is -0.385. The zero-order valence-corrected chi connectivity index (χ0v) is 14.7. The molecular weight excluding hydrogens is 317 g/mol. The second-order valence-corrected chi connectivity index (χ2v) is 7.52. The number of hydrogen-bond donors (Lipinski definition) is 0. The van der Waals surface area contributed by atoms with Crippen LogP contribution in [0.3, 0.4) is 0 Å². The predicted octanol–water partition coefficient (Wildman–Crippen LogP) is 3.72. The molecule has 4 rings (SSSR count). The molecule has 0 spiro atoms. The van der Waals surface area contributed by atoms with Crippen molar-refractivity contribution in [2.75, 3.05) is 6.54 Å². The summed E-state index contributed by atoms with van der Waals surface area (Å²) >= 11 is 0. The molecule has 0 radical (unpaired) electrons. The molecule has 1 aromatic carbocycles. The lowest BCUT2D eigenvalue weighted by Crippen LogP contribution is -2.45. The number of aryl methyl sites for hydroxylation is 1. The van der Waals surface area contributed by atoms with E-state index >= 15 is 0 Å². The number of likely N-dealkylation sites (tertiary alicyclic amines) is 1. The molecule has 2 aromatic rings. The van der Waals surface area contributed by atoms with Gasteiger partial charge < -0.3 is 0 Å². The molecule has 134 valence electrons. The maximum absolute atomic E-state index is 13.5. The fraction of sp³-hybridized carbons (Fsp3) is 0.600. The molecule has 1 atom stereocenters. The van der Waals surface area contributed by atoms with E-state index in [4.69, 9.17) is 0 Å². The summed E-state index contributed by atoms with van der Waals surface area (Å²) < 4.78 is 15.1. The van der Waals surface area contributed by atoms with Crippen molar-refractivity contribution in [3.63, 3.8) is 0 Å². The van der Waals surface area contributed by atoms with E-state index in [-0.39, 0.29) is 11.4 Å². The van der Waals surface area contributed by atoms with Crippen molar-refractivity contribution in [2.24, 2.45) is 0 Å². The van der Waals surface area contributed by atoms with Gasteiger partial charge in [-0.2, -0.15) is 0 Å². The second kappa shape index (κ2) is 7.24. The van der Waals surface area contributed by atoms with Gasteiger partial charge >= 0.3 is 0 Å². The number of rotatable bonds is 4. The Bertz CT molecular complexity index is 797. The van der Waals surface area contributed by atoms with Gasteiger partial charge in [0.15, 0.2) is 0 Å². The standard InChI is InChI=1S/C20H26FN3O/c21-15-8-9-19-18(13-15)20(25)23(14-22-19)12-10-17-7-3-4-11-24(17)16-5-1-2-6-16/h8-9,13-14,16-17H,1-7,10-12H2. The third kappa shape index (κ3) is 3.47. The number of benzene rings is 1. The van der Waals surface area contributed by atoms with Crippen molar-refractivity contribution in [3.05, 3.63) is 40.7 Å². The Labute approximate surface area is 147 Å². The molecule has 1 unspecified atom stereocenters. The highest BCUT2D eigenvalue weighted by molar-refractivity contribution is 5.77. The molecule has 2 heterocycles. The number of halogens is 1. The molecule has 0 N–H and O–H groups in total. The van der Waals surface area contributed by atoms with Crippen LogP contribution in [0.15, 0.2) is 29.3 Å². The summed E-state index contributed by atoms with van der Waals surface area (Å²) in [6, 6.07) is 5.52. The Hall–Kier alpha value is -1.75. The van der Waals surface area contributed by atoms with Gasteiger partial charge in [-0.3, -0.25) is 14.3 Å². The highest BCUT2D eigenvalue weighted by Gasteiger charge is 2.30. The summed E-state index contributed by atoms with van der Waals surface area (Å²) in [6.07, 6.45) is 11.8. The SMILES string of the molecule is O=c1c2cc(F)ccc2ncn1CCC1CCCCN1C1CCCC1. The first-order valence-corrected chi connectivity index (χ1v) is 9.63. The number of hydrogen-bond acceptors (Lipinski definition) is 3. The van der Waals surface area contributed by atoms with Crippen LogP contribution in [-0.4, -0.2) is 33.1 Å². The molecule has 1 saturated carbocycles. The van der Waals surface area contributed by atoms with Gasteiger partial charge in [0, 0.05) is 18.6 Å². The molecule has 2 fully saturated rings. The molecular formula is C20H26FN3O. The molecule has 1 aliphatic heterocycles. The highest BCUT2D eigenvalue weighted by atomic mass is 19.1. The van der Waals surface area contributed by atoms with E-state index in [1.807, 2.05) is 0 Å². The Morgan fingerprint density at radius 3 is 2.76 bits per heavy atom. The third-order valence-electron chi connectivity index (χ3n) is 5.96. The Morgan fingerprint density at radius 2 is 1.92 bits per heavy atom. The summed E-state index contributed by atoms with van der Waals surface area (Å²) in [4.78, 5) is 19.7. The zero-order valence-electron chi connectivity index (χ0n) is 14.7. The molecule has 4 nitrogen and oxygen atoms in total. The van der Waals surface area contributed by atoms with Crippen LogP contribution < -0.4 is 5.56 Å². The minimum atomic E-state index is -0.385. The zero-order chi connectivity index (χ0) is 17.2. The molecule has 1 saturated heterocycles. The summed E-state index contributed by atoms with van der Waals surface area (Å²) in [7, 11) is 0. The first kappa shape index (κ1) is 16.7.